The van der Waals surface area contributed by atoms with Crippen LogP contribution in [0.1, 0.15) is 0 Å². The quantitative estimate of drug-likeness (QED) is 0.225. The standard InChI is InChI=1S/C37H23N5/c1-2-8-26(9-3-1)42-34-18-19-39-31-21-25(20-30(36(31)34)37-35(42)22-38-23-40-37)24-14-16-27(17-15-24)41-32-12-6-4-10-28(32)29-11-5-7-13-33(29)41/h1-23H. The Morgan fingerprint density at radius 1 is 0.548 bits per heavy atom. The summed E-state index contributed by atoms with van der Waals surface area (Å²) in [7, 11) is 0. The highest BCUT2D eigenvalue weighted by atomic mass is 15.2. The SMILES string of the molecule is c1ccc(N2c3cncnc3-c3cc(-c4ccc(-n5c6ccccc6c6ccccc65)cc4)cc4nccc2c34)cc1. The molecule has 4 heterocycles. The van der Waals surface area contributed by atoms with Crippen molar-refractivity contribution in [2.45, 2.75) is 0 Å². The van der Waals surface area contributed by atoms with Crippen molar-refractivity contribution in [3.05, 3.63) is 140 Å². The first-order valence-electron chi connectivity index (χ1n) is 14.0. The summed E-state index contributed by atoms with van der Waals surface area (Å²) in [5.41, 5.74) is 11.8. The van der Waals surface area contributed by atoms with Gasteiger partial charge in [0.25, 0.3) is 0 Å². The van der Waals surface area contributed by atoms with Crippen molar-refractivity contribution >= 4 is 49.8 Å². The summed E-state index contributed by atoms with van der Waals surface area (Å²) >= 11 is 0. The molecule has 1 aliphatic rings. The lowest BCUT2D eigenvalue weighted by molar-refractivity contribution is 1.13. The van der Waals surface area contributed by atoms with E-state index in [1.165, 1.54) is 21.8 Å². The van der Waals surface area contributed by atoms with Crippen LogP contribution in [-0.2, 0) is 0 Å². The average molecular weight is 538 g/mol. The van der Waals surface area contributed by atoms with Gasteiger partial charge >= 0.3 is 0 Å². The first kappa shape index (κ1) is 22.9. The molecule has 0 atom stereocenters. The van der Waals surface area contributed by atoms with Crippen LogP contribution >= 0.6 is 0 Å². The maximum absolute atomic E-state index is 4.82. The summed E-state index contributed by atoms with van der Waals surface area (Å²) in [5, 5.41) is 3.62. The van der Waals surface area contributed by atoms with Crippen LogP contribution < -0.4 is 4.90 Å². The Labute approximate surface area is 242 Å². The molecule has 9 rings (SSSR count). The molecule has 0 fully saturated rings. The van der Waals surface area contributed by atoms with Gasteiger partial charge in [0, 0.05) is 39.3 Å². The monoisotopic (exact) mass is 537 g/mol. The van der Waals surface area contributed by atoms with Gasteiger partial charge in [0.1, 0.15) is 6.33 Å². The summed E-state index contributed by atoms with van der Waals surface area (Å²) in [6.45, 7) is 0. The maximum Gasteiger partial charge on any atom is 0.116 e. The molecule has 42 heavy (non-hydrogen) atoms. The van der Waals surface area contributed by atoms with Gasteiger partial charge in [0.15, 0.2) is 0 Å². The molecule has 8 aromatic rings. The lowest BCUT2D eigenvalue weighted by Crippen LogP contribution is -2.16. The predicted molar refractivity (Wildman–Crippen MR) is 171 cm³/mol. The summed E-state index contributed by atoms with van der Waals surface area (Å²) < 4.78 is 2.35. The number of rotatable bonds is 3. The molecule has 3 aromatic heterocycles. The number of benzene rings is 5. The van der Waals surface area contributed by atoms with Crippen LogP contribution in [0.15, 0.2) is 140 Å². The second kappa shape index (κ2) is 8.85. The van der Waals surface area contributed by atoms with Crippen LogP contribution in [0.2, 0.25) is 0 Å². The van der Waals surface area contributed by atoms with Gasteiger partial charge in [-0.3, -0.25) is 4.98 Å². The van der Waals surface area contributed by atoms with Gasteiger partial charge in [-0.25, -0.2) is 9.97 Å². The van der Waals surface area contributed by atoms with Gasteiger partial charge in [0.2, 0.25) is 0 Å². The lowest BCUT2D eigenvalue weighted by atomic mass is 9.92. The Balaban J connectivity index is 1.21. The van der Waals surface area contributed by atoms with Crippen LogP contribution in [0.4, 0.5) is 17.1 Å². The zero-order valence-electron chi connectivity index (χ0n) is 22.5. The summed E-state index contributed by atoms with van der Waals surface area (Å²) in [5.74, 6) is 0. The minimum absolute atomic E-state index is 0.906. The van der Waals surface area contributed by atoms with E-state index in [0.29, 0.717) is 0 Å². The molecule has 0 saturated carbocycles. The molecule has 0 bridgehead atoms. The van der Waals surface area contributed by atoms with E-state index < -0.39 is 0 Å². The van der Waals surface area contributed by atoms with Crippen molar-refractivity contribution in [1.82, 2.24) is 19.5 Å². The van der Waals surface area contributed by atoms with E-state index in [2.05, 4.69) is 130 Å². The number of hydrogen-bond donors (Lipinski definition) is 0. The maximum atomic E-state index is 4.82. The molecule has 0 N–H and O–H groups in total. The molecule has 0 spiro atoms. The van der Waals surface area contributed by atoms with Crippen molar-refractivity contribution < 1.29 is 0 Å². The minimum Gasteiger partial charge on any atom is -0.309 e. The molecule has 0 saturated heterocycles. The number of aromatic nitrogens is 4. The fourth-order valence-corrected chi connectivity index (χ4v) is 6.49. The minimum atomic E-state index is 0.906. The van der Waals surface area contributed by atoms with E-state index in [-0.39, 0.29) is 0 Å². The number of fused-ring (bicyclic) bond motifs is 5. The van der Waals surface area contributed by atoms with Gasteiger partial charge < -0.3 is 9.47 Å². The van der Waals surface area contributed by atoms with Crippen LogP contribution in [0.3, 0.4) is 0 Å². The molecule has 0 amide bonds. The van der Waals surface area contributed by atoms with Crippen molar-refractivity contribution in [2.24, 2.45) is 0 Å². The summed E-state index contributed by atoms with van der Waals surface area (Å²) in [4.78, 5) is 16.2. The van der Waals surface area contributed by atoms with Gasteiger partial charge in [-0.05, 0) is 65.7 Å². The molecule has 0 aliphatic carbocycles. The predicted octanol–water partition coefficient (Wildman–Crippen LogP) is 9.24. The first-order chi connectivity index (χ1) is 20.8. The molecule has 0 radical (unpaired) electrons. The zero-order chi connectivity index (χ0) is 27.6. The van der Waals surface area contributed by atoms with E-state index in [1.807, 2.05) is 18.5 Å². The number of para-hydroxylation sites is 3. The topological polar surface area (TPSA) is 46.8 Å². The molecule has 5 aromatic carbocycles. The van der Waals surface area contributed by atoms with Crippen molar-refractivity contribution in [1.29, 1.82) is 0 Å². The zero-order valence-corrected chi connectivity index (χ0v) is 22.5. The Bertz CT molecular complexity index is 2250. The van der Waals surface area contributed by atoms with Gasteiger partial charge in [0.05, 0.1) is 39.8 Å². The molecule has 196 valence electrons. The normalized spacial score (nSPS) is 12.2. The van der Waals surface area contributed by atoms with Crippen molar-refractivity contribution in [2.75, 3.05) is 4.90 Å². The third-order valence-corrected chi connectivity index (χ3v) is 8.30. The highest BCUT2D eigenvalue weighted by Gasteiger charge is 2.28. The number of pyridine rings is 1. The fourth-order valence-electron chi connectivity index (χ4n) is 6.49. The number of nitrogens with zero attached hydrogens (tertiary/aromatic N) is 5. The van der Waals surface area contributed by atoms with Crippen molar-refractivity contribution in [3.63, 3.8) is 0 Å². The van der Waals surface area contributed by atoms with E-state index in [1.54, 1.807) is 6.33 Å². The smallest absolute Gasteiger partial charge is 0.116 e. The Morgan fingerprint density at radius 2 is 1.26 bits per heavy atom. The number of hydrogen-bond acceptors (Lipinski definition) is 4. The highest BCUT2D eigenvalue weighted by molar-refractivity contribution is 6.13. The lowest BCUT2D eigenvalue weighted by Gasteiger charge is -2.32. The summed E-state index contributed by atoms with van der Waals surface area (Å²) in [6.07, 6.45) is 5.42. The van der Waals surface area contributed by atoms with Crippen LogP contribution in [0, 0.1) is 0 Å². The largest absolute Gasteiger partial charge is 0.309 e. The molecule has 5 heteroatoms. The summed E-state index contributed by atoms with van der Waals surface area (Å²) in [6, 6.07) is 42.9. The van der Waals surface area contributed by atoms with Crippen LogP contribution in [-0.4, -0.2) is 19.5 Å². The Hall–Kier alpha value is -5.81. The fraction of sp³-hybridized carbons (Fsp3) is 0. The second-order valence-corrected chi connectivity index (χ2v) is 10.6. The average Bonchev–Trinajstić information content (AvgIpc) is 3.40. The first-order valence-corrected chi connectivity index (χ1v) is 14.0. The molecule has 1 aliphatic heterocycles. The molecular weight excluding hydrogens is 514 g/mol. The van der Waals surface area contributed by atoms with Gasteiger partial charge in [-0.1, -0.05) is 66.7 Å². The third kappa shape index (κ3) is 3.28. The van der Waals surface area contributed by atoms with E-state index in [0.717, 1.165) is 56.0 Å². The third-order valence-electron chi connectivity index (χ3n) is 8.30. The highest BCUT2D eigenvalue weighted by Crippen LogP contribution is 2.50. The molecular formula is C37H23N5. The van der Waals surface area contributed by atoms with Crippen LogP contribution in [0.25, 0.3) is 60.8 Å². The van der Waals surface area contributed by atoms with Gasteiger partial charge in [-0.2, -0.15) is 0 Å². The van der Waals surface area contributed by atoms with E-state index in [4.69, 9.17) is 9.97 Å². The molecule has 5 nitrogen and oxygen atoms in total. The van der Waals surface area contributed by atoms with E-state index in [9.17, 15) is 0 Å². The number of anilines is 3. The Morgan fingerprint density at radius 3 is 2.02 bits per heavy atom. The van der Waals surface area contributed by atoms with Crippen molar-refractivity contribution in [3.8, 4) is 28.1 Å². The van der Waals surface area contributed by atoms with Crippen LogP contribution in [0.5, 0.6) is 0 Å². The van der Waals surface area contributed by atoms with E-state index >= 15 is 0 Å². The molecule has 0 unspecified atom stereocenters. The Kier molecular flexibility index (Phi) is 4.83. The van der Waals surface area contributed by atoms with Gasteiger partial charge in [-0.15, -0.1) is 0 Å². The second-order valence-electron chi connectivity index (χ2n) is 10.6.